The average Bonchev–Trinajstić information content (AvgIpc) is 3.06. The summed E-state index contributed by atoms with van der Waals surface area (Å²) in [5.41, 5.74) is 10.3. The van der Waals surface area contributed by atoms with E-state index in [2.05, 4.69) is 112 Å². The van der Waals surface area contributed by atoms with Crippen molar-refractivity contribution in [2.24, 2.45) is 10.8 Å². The lowest BCUT2D eigenvalue weighted by Gasteiger charge is -2.42. The lowest BCUT2D eigenvalue weighted by molar-refractivity contribution is -0.662. The molecule has 2 aromatic carbocycles. The molecule has 0 atom stereocenters. The molecular formula is C29H34N3+. The van der Waals surface area contributed by atoms with Gasteiger partial charge in [0.25, 0.3) is 0 Å². The molecular weight excluding hydrogens is 390 g/mol. The van der Waals surface area contributed by atoms with Crippen molar-refractivity contribution in [3.05, 3.63) is 77.7 Å². The Hall–Kier alpha value is -2.94. The molecule has 1 aliphatic rings. The first-order valence-electron chi connectivity index (χ1n) is 11.6. The van der Waals surface area contributed by atoms with Crippen LogP contribution in [0, 0.1) is 17.8 Å². The van der Waals surface area contributed by atoms with Crippen molar-refractivity contribution in [3.63, 3.8) is 0 Å². The summed E-state index contributed by atoms with van der Waals surface area (Å²) in [6.07, 6.45) is 4.26. The molecule has 0 fully saturated rings. The molecule has 3 heterocycles. The van der Waals surface area contributed by atoms with Gasteiger partial charge in [0.1, 0.15) is 12.2 Å². The second kappa shape index (κ2) is 7.03. The van der Waals surface area contributed by atoms with Crippen molar-refractivity contribution in [2.45, 2.75) is 60.9 Å². The highest BCUT2D eigenvalue weighted by Gasteiger charge is 2.39. The molecule has 0 saturated carbocycles. The van der Waals surface area contributed by atoms with Crippen molar-refractivity contribution >= 4 is 11.0 Å². The van der Waals surface area contributed by atoms with Gasteiger partial charge in [-0.3, -0.25) is 4.98 Å². The van der Waals surface area contributed by atoms with E-state index in [0.29, 0.717) is 5.92 Å². The van der Waals surface area contributed by atoms with Gasteiger partial charge < -0.3 is 0 Å². The van der Waals surface area contributed by atoms with E-state index < -0.39 is 0 Å². The summed E-state index contributed by atoms with van der Waals surface area (Å²) in [4.78, 5) is 4.98. The number of fused-ring (bicyclic) bond motifs is 10. The van der Waals surface area contributed by atoms with Crippen LogP contribution < -0.4 is 4.57 Å². The van der Waals surface area contributed by atoms with Crippen LogP contribution in [0.5, 0.6) is 0 Å². The highest BCUT2D eigenvalue weighted by Crippen LogP contribution is 2.51. The van der Waals surface area contributed by atoms with Crippen molar-refractivity contribution in [1.29, 1.82) is 0 Å². The molecule has 2 aromatic heterocycles. The topological polar surface area (TPSA) is 21.7 Å². The molecule has 0 radical (unpaired) electrons. The van der Waals surface area contributed by atoms with Crippen molar-refractivity contribution in [1.82, 2.24) is 9.55 Å². The molecule has 0 unspecified atom stereocenters. The highest BCUT2D eigenvalue weighted by molar-refractivity contribution is 5.82. The second-order valence-electron chi connectivity index (χ2n) is 11.5. The fourth-order valence-corrected chi connectivity index (χ4v) is 6.16. The molecule has 0 saturated heterocycles. The van der Waals surface area contributed by atoms with Crippen LogP contribution in [-0.2, 0) is 6.54 Å². The zero-order chi connectivity index (χ0) is 22.8. The summed E-state index contributed by atoms with van der Waals surface area (Å²) in [7, 11) is 0. The SMILES string of the molecule is Cc1c2ccnc1-c1c(C(C(C)(C)C)C(C)(C)C)cccc1-n1c[n+](c3ccccc31)C2. The van der Waals surface area contributed by atoms with Crippen LogP contribution in [-0.4, -0.2) is 9.55 Å². The lowest BCUT2D eigenvalue weighted by Crippen LogP contribution is -2.33. The van der Waals surface area contributed by atoms with E-state index in [9.17, 15) is 0 Å². The van der Waals surface area contributed by atoms with Gasteiger partial charge >= 0.3 is 0 Å². The molecule has 3 nitrogen and oxygen atoms in total. The minimum Gasteiger partial charge on any atom is -0.256 e. The third-order valence-corrected chi connectivity index (χ3v) is 6.98. The number of hydrogen-bond donors (Lipinski definition) is 0. The molecule has 164 valence electrons. The molecule has 0 amide bonds. The largest absolute Gasteiger partial charge is 0.256 e. The Morgan fingerprint density at radius 2 is 1.62 bits per heavy atom. The van der Waals surface area contributed by atoms with Crippen LogP contribution in [0.1, 0.15) is 64.2 Å². The fraction of sp³-hybridized carbons (Fsp3) is 0.379. The van der Waals surface area contributed by atoms with E-state index >= 15 is 0 Å². The zero-order valence-corrected chi connectivity index (χ0v) is 20.4. The normalized spacial score (nSPS) is 13.6. The third kappa shape index (κ3) is 3.18. The van der Waals surface area contributed by atoms with Gasteiger partial charge in [0.2, 0.25) is 6.33 Å². The van der Waals surface area contributed by atoms with Crippen molar-refractivity contribution in [2.75, 3.05) is 0 Å². The minimum atomic E-state index is 0.107. The van der Waals surface area contributed by atoms with Gasteiger partial charge in [-0.05, 0) is 59.1 Å². The summed E-state index contributed by atoms with van der Waals surface area (Å²) in [5, 5.41) is 0. The third-order valence-electron chi connectivity index (χ3n) is 6.98. The van der Waals surface area contributed by atoms with Gasteiger partial charge in [0.15, 0.2) is 11.0 Å². The van der Waals surface area contributed by atoms with E-state index in [0.717, 1.165) is 12.2 Å². The first kappa shape index (κ1) is 20.9. The summed E-state index contributed by atoms with van der Waals surface area (Å²) >= 11 is 0. The lowest BCUT2D eigenvalue weighted by atomic mass is 9.62. The maximum absolute atomic E-state index is 4.98. The monoisotopic (exact) mass is 424 g/mol. The predicted molar refractivity (Wildman–Crippen MR) is 132 cm³/mol. The molecule has 4 aromatic rings. The summed E-state index contributed by atoms with van der Waals surface area (Å²) in [5.74, 6) is 0.365. The Morgan fingerprint density at radius 1 is 0.906 bits per heavy atom. The van der Waals surface area contributed by atoms with E-state index in [1.54, 1.807) is 0 Å². The van der Waals surface area contributed by atoms with Gasteiger partial charge in [-0.15, -0.1) is 0 Å². The summed E-state index contributed by atoms with van der Waals surface area (Å²) in [6.45, 7) is 17.3. The fourth-order valence-electron chi connectivity index (χ4n) is 6.16. The predicted octanol–water partition coefficient (Wildman–Crippen LogP) is 6.83. The Bertz CT molecular complexity index is 1320. The molecule has 4 bridgehead atoms. The minimum absolute atomic E-state index is 0.107. The Balaban J connectivity index is 1.96. The van der Waals surface area contributed by atoms with Crippen LogP contribution >= 0.6 is 0 Å². The van der Waals surface area contributed by atoms with Gasteiger partial charge in [0, 0.05) is 11.8 Å². The van der Waals surface area contributed by atoms with Crippen LogP contribution in [0.3, 0.4) is 0 Å². The molecule has 32 heavy (non-hydrogen) atoms. The van der Waals surface area contributed by atoms with Gasteiger partial charge in [-0.2, -0.15) is 4.57 Å². The van der Waals surface area contributed by atoms with Crippen molar-refractivity contribution < 1.29 is 4.57 Å². The van der Waals surface area contributed by atoms with Crippen molar-refractivity contribution in [3.8, 4) is 16.9 Å². The summed E-state index contributed by atoms with van der Waals surface area (Å²) < 4.78 is 4.74. The van der Waals surface area contributed by atoms with Crippen LogP contribution in [0.2, 0.25) is 0 Å². The van der Waals surface area contributed by atoms with E-state index in [4.69, 9.17) is 4.98 Å². The first-order chi connectivity index (χ1) is 15.1. The maximum atomic E-state index is 4.98. The van der Waals surface area contributed by atoms with Crippen LogP contribution in [0.4, 0.5) is 0 Å². The smallest absolute Gasteiger partial charge is 0.250 e. The number of aromatic nitrogens is 3. The molecule has 0 spiro atoms. The zero-order valence-electron chi connectivity index (χ0n) is 20.4. The molecule has 1 aliphatic heterocycles. The van der Waals surface area contributed by atoms with Crippen LogP contribution in [0.25, 0.3) is 28.0 Å². The highest BCUT2D eigenvalue weighted by atomic mass is 15.1. The molecule has 0 aliphatic carbocycles. The molecule has 5 rings (SSSR count). The number of imidazole rings is 1. The maximum Gasteiger partial charge on any atom is 0.250 e. The second-order valence-corrected chi connectivity index (χ2v) is 11.5. The number of pyridine rings is 1. The molecule has 3 heteroatoms. The van der Waals surface area contributed by atoms with Gasteiger partial charge in [-0.25, -0.2) is 4.57 Å². The Labute approximate surface area is 191 Å². The van der Waals surface area contributed by atoms with Crippen LogP contribution in [0.15, 0.2) is 61.1 Å². The number of nitrogens with zero attached hydrogens (tertiary/aromatic N) is 3. The average molecular weight is 425 g/mol. The number of rotatable bonds is 1. The van der Waals surface area contributed by atoms with E-state index in [-0.39, 0.29) is 10.8 Å². The Morgan fingerprint density at radius 3 is 2.34 bits per heavy atom. The quantitative estimate of drug-likeness (QED) is 0.270. The number of benzene rings is 2. The number of para-hydroxylation sites is 2. The standard InChI is InChI=1S/C29H34N3/c1-19-20-15-16-30-26(19)25-21(27(28(2,3)4)29(5,6)7)11-10-14-24(25)32-18-31(17-20)22-12-8-9-13-23(22)32/h8-16,18,27H,17H2,1-7H3/q+1. The molecule has 0 N–H and O–H groups in total. The van der Waals surface area contributed by atoms with Gasteiger partial charge in [-0.1, -0.05) is 65.8 Å². The van der Waals surface area contributed by atoms with Gasteiger partial charge in [0.05, 0.1) is 11.3 Å². The Kier molecular flexibility index (Phi) is 4.60. The summed E-state index contributed by atoms with van der Waals surface area (Å²) in [6, 6.07) is 17.7. The van der Waals surface area contributed by atoms with E-state index in [1.807, 2.05) is 6.20 Å². The number of hydrogen-bond acceptors (Lipinski definition) is 1. The van der Waals surface area contributed by atoms with E-state index in [1.165, 1.54) is 39.0 Å². The first-order valence-corrected chi connectivity index (χ1v) is 11.6.